The SMILES string of the molecule is CN1C(=O)C(c2ccccc2F)Oc2cccnc21. The fourth-order valence-corrected chi connectivity index (χ4v) is 2.07. The molecule has 0 saturated carbocycles. The van der Waals surface area contributed by atoms with Crippen molar-refractivity contribution in [2.24, 2.45) is 0 Å². The topological polar surface area (TPSA) is 42.4 Å². The zero-order valence-corrected chi connectivity index (χ0v) is 10.2. The van der Waals surface area contributed by atoms with Crippen molar-refractivity contribution in [3.8, 4) is 5.75 Å². The number of anilines is 1. The van der Waals surface area contributed by atoms with E-state index in [1.807, 2.05) is 0 Å². The van der Waals surface area contributed by atoms with E-state index >= 15 is 0 Å². The van der Waals surface area contributed by atoms with E-state index in [9.17, 15) is 9.18 Å². The van der Waals surface area contributed by atoms with Gasteiger partial charge in [-0.3, -0.25) is 9.69 Å². The molecule has 1 aliphatic rings. The summed E-state index contributed by atoms with van der Waals surface area (Å²) in [5, 5.41) is 0. The number of ether oxygens (including phenoxy) is 1. The summed E-state index contributed by atoms with van der Waals surface area (Å²) in [5.41, 5.74) is 0.230. The van der Waals surface area contributed by atoms with Crippen LogP contribution in [0.25, 0.3) is 0 Å². The molecule has 1 aliphatic heterocycles. The van der Waals surface area contributed by atoms with Crippen LogP contribution in [0, 0.1) is 5.82 Å². The Morgan fingerprint density at radius 3 is 2.84 bits per heavy atom. The number of rotatable bonds is 1. The molecule has 96 valence electrons. The van der Waals surface area contributed by atoms with Gasteiger partial charge in [0, 0.05) is 18.8 Å². The molecule has 5 heteroatoms. The van der Waals surface area contributed by atoms with E-state index in [0.29, 0.717) is 11.6 Å². The smallest absolute Gasteiger partial charge is 0.273 e. The molecule has 0 radical (unpaired) electrons. The molecule has 0 fully saturated rings. The van der Waals surface area contributed by atoms with Crippen molar-refractivity contribution >= 4 is 11.7 Å². The first-order valence-electron chi connectivity index (χ1n) is 5.82. The predicted molar refractivity (Wildman–Crippen MR) is 67.4 cm³/mol. The highest BCUT2D eigenvalue weighted by molar-refractivity contribution is 5.99. The van der Waals surface area contributed by atoms with Crippen LogP contribution in [-0.2, 0) is 4.79 Å². The summed E-state index contributed by atoms with van der Waals surface area (Å²) < 4.78 is 19.4. The van der Waals surface area contributed by atoms with Gasteiger partial charge in [-0.25, -0.2) is 9.37 Å². The Morgan fingerprint density at radius 1 is 1.26 bits per heavy atom. The van der Waals surface area contributed by atoms with Gasteiger partial charge in [0.05, 0.1) is 0 Å². The van der Waals surface area contributed by atoms with Crippen molar-refractivity contribution in [1.82, 2.24) is 4.98 Å². The van der Waals surface area contributed by atoms with E-state index in [-0.39, 0.29) is 11.5 Å². The monoisotopic (exact) mass is 258 g/mol. The van der Waals surface area contributed by atoms with Gasteiger partial charge in [0.15, 0.2) is 11.6 Å². The van der Waals surface area contributed by atoms with Crippen molar-refractivity contribution in [2.45, 2.75) is 6.10 Å². The number of likely N-dealkylation sites (N-methyl/N-ethyl adjacent to an activating group) is 1. The molecule has 1 amide bonds. The number of hydrogen-bond acceptors (Lipinski definition) is 3. The van der Waals surface area contributed by atoms with E-state index in [4.69, 9.17) is 4.74 Å². The second-order valence-electron chi connectivity index (χ2n) is 4.24. The predicted octanol–water partition coefficient (Wildman–Crippen LogP) is 2.32. The molecular formula is C14H11FN2O2. The Morgan fingerprint density at radius 2 is 2.05 bits per heavy atom. The van der Waals surface area contributed by atoms with Crippen LogP contribution in [0.4, 0.5) is 10.2 Å². The zero-order chi connectivity index (χ0) is 13.4. The molecule has 3 rings (SSSR count). The van der Waals surface area contributed by atoms with Crippen molar-refractivity contribution in [3.05, 3.63) is 54.0 Å². The third kappa shape index (κ3) is 1.83. The van der Waals surface area contributed by atoms with Gasteiger partial charge in [0.1, 0.15) is 5.82 Å². The first-order valence-corrected chi connectivity index (χ1v) is 5.82. The molecule has 2 heterocycles. The van der Waals surface area contributed by atoms with E-state index in [0.717, 1.165) is 0 Å². The summed E-state index contributed by atoms with van der Waals surface area (Å²) in [6.07, 6.45) is 0.609. The minimum absolute atomic E-state index is 0.230. The first-order chi connectivity index (χ1) is 9.18. The Bertz CT molecular complexity index is 645. The summed E-state index contributed by atoms with van der Waals surface area (Å²) in [4.78, 5) is 17.7. The van der Waals surface area contributed by atoms with Crippen LogP contribution >= 0.6 is 0 Å². The molecule has 1 unspecified atom stereocenters. The van der Waals surface area contributed by atoms with Crippen LogP contribution < -0.4 is 9.64 Å². The largest absolute Gasteiger partial charge is 0.472 e. The Balaban J connectivity index is 2.07. The van der Waals surface area contributed by atoms with Crippen molar-refractivity contribution in [3.63, 3.8) is 0 Å². The number of amides is 1. The van der Waals surface area contributed by atoms with E-state index in [1.165, 1.54) is 11.0 Å². The highest BCUT2D eigenvalue weighted by atomic mass is 19.1. The number of pyridine rings is 1. The van der Waals surface area contributed by atoms with E-state index < -0.39 is 11.9 Å². The lowest BCUT2D eigenvalue weighted by Crippen LogP contribution is -2.39. The molecule has 1 aromatic heterocycles. The summed E-state index contributed by atoms with van der Waals surface area (Å²) in [5.74, 6) is 0.121. The van der Waals surface area contributed by atoms with E-state index in [2.05, 4.69) is 4.98 Å². The lowest BCUT2D eigenvalue weighted by atomic mass is 10.1. The van der Waals surface area contributed by atoms with Gasteiger partial charge in [-0.05, 0) is 18.2 Å². The Kier molecular flexibility index (Phi) is 2.67. The molecule has 2 aromatic rings. The summed E-state index contributed by atoms with van der Waals surface area (Å²) in [7, 11) is 1.60. The molecular weight excluding hydrogens is 247 g/mol. The third-order valence-corrected chi connectivity index (χ3v) is 3.06. The average molecular weight is 258 g/mol. The van der Waals surface area contributed by atoms with Crippen LogP contribution in [0.15, 0.2) is 42.6 Å². The number of halogens is 1. The molecule has 0 aliphatic carbocycles. The van der Waals surface area contributed by atoms with Gasteiger partial charge in [0.25, 0.3) is 5.91 Å². The maximum absolute atomic E-state index is 13.8. The van der Waals surface area contributed by atoms with E-state index in [1.54, 1.807) is 43.6 Å². The lowest BCUT2D eigenvalue weighted by Gasteiger charge is -2.31. The van der Waals surface area contributed by atoms with Gasteiger partial charge in [-0.15, -0.1) is 0 Å². The fraction of sp³-hybridized carbons (Fsp3) is 0.143. The minimum Gasteiger partial charge on any atom is -0.472 e. The summed E-state index contributed by atoms with van der Waals surface area (Å²) in [6, 6.07) is 9.52. The molecule has 0 spiro atoms. The standard InChI is InChI=1S/C14H11FN2O2/c1-17-13-11(7-4-8-16-13)19-12(14(17)18)9-5-2-3-6-10(9)15/h2-8,12H,1H3. The van der Waals surface area contributed by atoms with Crippen LogP contribution in [0.2, 0.25) is 0 Å². The van der Waals surface area contributed by atoms with Crippen LogP contribution in [0.3, 0.4) is 0 Å². The molecule has 0 bridgehead atoms. The lowest BCUT2D eigenvalue weighted by molar-refractivity contribution is -0.126. The van der Waals surface area contributed by atoms with Crippen molar-refractivity contribution in [2.75, 3.05) is 11.9 Å². The molecule has 0 N–H and O–H groups in total. The number of aromatic nitrogens is 1. The second-order valence-corrected chi connectivity index (χ2v) is 4.24. The Labute approximate surface area is 109 Å². The zero-order valence-electron chi connectivity index (χ0n) is 10.2. The van der Waals surface area contributed by atoms with Crippen molar-refractivity contribution < 1.29 is 13.9 Å². The third-order valence-electron chi connectivity index (χ3n) is 3.06. The number of carbonyl (C=O) groups excluding carboxylic acids is 1. The van der Waals surface area contributed by atoms with Gasteiger partial charge in [-0.1, -0.05) is 18.2 Å². The van der Waals surface area contributed by atoms with Crippen LogP contribution in [0.1, 0.15) is 11.7 Å². The number of fused-ring (bicyclic) bond motifs is 1. The molecule has 0 saturated heterocycles. The molecule has 19 heavy (non-hydrogen) atoms. The highest BCUT2D eigenvalue weighted by Crippen LogP contribution is 2.36. The normalized spacial score (nSPS) is 17.9. The first kappa shape index (κ1) is 11.6. The number of benzene rings is 1. The molecule has 1 aromatic carbocycles. The maximum atomic E-state index is 13.8. The number of hydrogen-bond donors (Lipinski definition) is 0. The molecule has 1 atom stereocenters. The van der Waals surface area contributed by atoms with Gasteiger partial charge >= 0.3 is 0 Å². The number of carbonyl (C=O) groups is 1. The summed E-state index contributed by atoms with van der Waals surface area (Å²) in [6.45, 7) is 0. The van der Waals surface area contributed by atoms with Gasteiger partial charge in [0.2, 0.25) is 6.10 Å². The summed E-state index contributed by atoms with van der Waals surface area (Å²) >= 11 is 0. The van der Waals surface area contributed by atoms with Crippen molar-refractivity contribution in [1.29, 1.82) is 0 Å². The van der Waals surface area contributed by atoms with Crippen LogP contribution in [-0.4, -0.2) is 17.9 Å². The quantitative estimate of drug-likeness (QED) is 0.788. The number of nitrogens with zero attached hydrogens (tertiary/aromatic N) is 2. The van der Waals surface area contributed by atoms with Crippen LogP contribution in [0.5, 0.6) is 5.75 Å². The van der Waals surface area contributed by atoms with Gasteiger partial charge < -0.3 is 4.74 Å². The minimum atomic E-state index is -0.970. The fourth-order valence-electron chi connectivity index (χ4n) is 2.07. The maximum Gasteiger partial charge on any atom is 0.273 e. The highest BCUT2D eigenvalue weighted by Gasteiger charge is 2.35. The van der Waals surface area contributed by atoms with Gasteiger partial charge in [-0.2, -0.15) is 0 Å². The average Bonchev–Trinajstić information content (AvgIpc) is 2.44. The second kappa shape index (κ2) is 4.35. The molecule has 4 nitrogen and oxygen atoms in total. The Hall–Kier alpha value is -2.43.